The van der Waals surface area contributed by atoms with Gasteiger partial charge in [-0.2, -0.15) is 0 Å². The van der Waals surface area contributed by atoms with Crippen molar-refractivity contribution in [3.8, 4) is 0 Å². The molecule has 0 aliphatic carbocycles. The summed E-state index contributed by atoms with van der Waals surface area (Å²) in [6.45, 7) is 1.93. The number of hydrogen-bond donors (Lipinski definition) is 2. The fourth-order valence-corrected chi connectivity index (χ4v) is 2.05. The fourth-order valence-electron chi connectivity index (χ4n) is 1.86. The van der Waals surface area contributed by atoms with Crippen LogP contribution in [0.3, 0.4) is 0 Å². The van der Waals surface area contributed by atoms with Crippen molar-refractivity contribution in [1.29, 1.82) is 0 Å². The Morgan fingerprint density at radius 3 is 2.33 bits per heavy atom. The van der Waals surface area contributed by atoms with E-state index in [1.54, 1.807) is 6.07 Å². The molecule has 18 heavy (non-hydrogen) atoms. The second-order valence-corrected chi connectivity index (χ2v) is 4.80. The van der Waals surface area contributed by atoms with Gasteiger partial charge in [0.1, 0.15) is 0 Å². The van der Waals surface area contributed by atoms with Crippen molar-refractivity contribution in [2.75, 3.05) is 0 Å². The minimum Gasteiger partial charge on any atom is -0.386 e. The third-order valence-electron chi connectivity index (χ3n) is 3.06. The monoisotopic (exact) mass is 261 g/mol. The van der Waals surface area contributed by atoms with E-state index < -0.39 is 12.1 Å². The van der Waals surface area contributed by atoms with Crippen LogP contribution in [0.4, 0.5) is 0 Å². The summed E-state index contributed by atoms with van der Waals surface area (Å²) in [6.07, 6.45) is -0.759. The van der Waals surface area contributed by atoms with Gasteiger partial charge in [0.15, 0.2) is 0 Å². The van der Waals surface area contributed by atoms with Gasteiger partial charge in [0.25, 0.3) is 0 Å². The smallest absolute Gasteiger partial charge is 0.0983 e. The predicted octanol–water partition coefficient (Wildman–Crippen LogP) is 3.38. The van der Waals surface area contributed by atoms with Crippen LogP contribution in [0.1, 0.15) is 28.8 Å². The first-order valence-corrected chi connectivity index (χ1v) is 6.22. The summed E-state index contributed by atoms with van der Waals surface area (Å²) in [5.74, 6) is 0. The number of hydrogen-bond acceptors (Lipinski definition) is 2. The molecule has 0 radical (unpaired) electrons. The first kappa shape index (κ1) is 13.1. The van der Waals surface area contributed by atoms with Crippen LogP contribution in [0.5, 0.6) is 0 Å². The van der Waals surface area contributed by atoms with Gasteiger partial charge in [-0.15, -0.1) is 0 Å². The molecule has 0 aromatic heterocycles. The SMILES string of the molecule is Cc1ccc(C(O)C(N)c2ccccc2)cc1Cl. The maximum atomic E-state index is 10.3. The lowest BCUT2D eigenvalue weighted by Crippen LogP contribution is -2.19. The minimum absolute atomic E-state index is 0.454. The Labute approximate surface area is 112 Å². The van der Waals surface area contributed by atoms with E-state index in [-0.39, 0.29) is 0 Å². The van der Waals surface area contributed by atoms with Crippen LogP contribution in [-0.4, -0.2) is 5.11 Å². The van der Waals surface area contributed by atoms with Crippen molar-refractivity contribution in [2.24, 2.45) is 5.73 Å². The summed E-state index contributed by atoms with van der Waals surface area (Å²) < 4.78 is 0. The molecule has 2 aromatic rings. The number of benzene rings is 2. The number of halogens is 1. The maximum Gasteiger partial charge on any atom is 0.0983 e. The Morgan fingerprint density at radius 1 is 1.06 bits per heavy atom. The predicted molar refractivity (Wildman–Crippen MR) is 74.5 cm³/mol. The Morgan fingerprint density at radius 2 is 1.72 bits per heavy atom. The van der Waals surface area contributed by atoms with Crippen LogP contribution in [0.15, 0.2) is 48.5 Å². The lowest BCUT2D eigenvalue weighted by molar-refractivity contribution is 0.147. The van der Waals surface area contributed by atoms with Gasteiger partial charge < -0.3 is 10.8 Å². The van der Waals surface area contributed by atoms with E-state index in [1.807, 2.05) is 49.4 Å². The van der Waals surface area contributed by atoms with E-state index in [9.17, 15) is 5.11 Å². The molecule has 2 nitrogen and oxygen atoms in total. The third-order valence-corrected chi connectivity index (χ3v) is 3.47. The molecule has 3 heteroatoms. The molecule has 2 atom stereocenters. The summed E-state index contributed by atoms with van der Waals surface area (Å²) in [5, 5.41) is 10.9. The summed E-state index contributed by atoms with van der Waals surface area (Å²) in [7, 11) is 0. The summed E-state index contributed by atoms with van der Waals surface area (Å²) >= 11 is 6.06. The van der Waals surface area contributed by atoms with Crippen LogP contribution >= 0.6 is 11.6 Å². The van der Waals surface area contributed by atoms with E-state index in [4.69, 9.17) is 17.3 Å². The number of aryl methyl sites for hydroxylation is 1. The molecule has 3 N–H and O–H groups in total. The van der Waals surface area contributed by atoms with Gasteiger partial charge >= 0.3 is 0 Å². The van der Waals surface area contributed by atoms with E-state index in [0.717, 1.165) is 16.7 Å². The van der Waals surface area contributed by atoms with Crippen molar-refractivity contribution in [1.82, 2.24) is 0 Å². The number of nitrogens with two attached hydrogens (primary N) is 1. The highest BCUT2D eigenvalue weighted by Gasteiger charge is 2.18. The Hall–Kier alpha value is -1.35. The molecule has 0 saturated carbocycles. The lowest BCUT2D eigenvalue weighted by Gasteiger charge is -2.20. The van der Waals surface area contributed by atoms with E-state index in [0.29, 0.717) is 5.02 Å². The van der Waals surface area contributed by atoms with Crippen molar-refractivity contribution in [3.05, 3.63) is 70.2 Å². The highest BCUT2D eigenvalue weighted by molar-refractivity contribution is 6.31. The molecular formula is C15H16ClNO. The van der Waals surface area contributed by atoms with Gasteiger partial charge in [-0.3, -0.25) is 0 Å². The molecule has 2 unspecified atom stereocenters. The van der Waals surface area contributed by atoms with E-state index in [1.165, 1.54) is 0 Å². The highest BCUT2D eigenvalue weighted by atomic mass is 35.5. The summed E-state index contributed by atoms with van der Waals surface area (Å²) in [4.78, 5) is 0. The fraction of sp³-hybridized carbons (Fsp3) is 0.200. The Kier molecular flexibility index (Phi) is 4.02. The zero-order valence-electron chi connectivity index (χ0n) is 10.2. The molecule has 94 valence electrons. The summed E-state index contributed by atoms with van der Waals surface area (Å²) in [6, 6.07) is 14.6. The zero-order chi connectivity index (χ0) is 13.1. The van der Waals surface area contributed by atoms with Gasteiger partial charge in [0.2, 0.25) is 0 Å². The second-order valence-electron chi connectivity index (χ2n) is 4.39. The van der Waals surface area contributed by atoms with Gasteiger partial charge in [0.05, 0.1) is 12.1 Å². The minimum atomic E-state index is -0.759. The average molecular weight is 262 g/mol. The van der Waals surface area contributed by atoms with Crippen molar-refractivity contribution in [2.45, 2.75) is 19.1 Å². The Bertz CT molecular complexity index is 527. The van der Waals surface area contributed by atoms with Gasteiger partial charge in [0, 0.05) is 5.02 Å². The second kappa shape index (κ2) is 5.53. The standard InChI is InChI=1S/C15H16ClNO/c1-10-7-8-12(9-13(10)16)15(18)14(17)11-5-3-2-4-6-11/h2-9,14-15,18H,17H2,1H3. The molecule has 2 rings (SSSR count). The number of rotatable bonds is 3. The topological polar surface area (TPSA) is 46.2 Å². The van der Waals surface area contributed by atoms with Crippen LogP contribution in [0.2, 0.25) is 5.02 Å². The van der Waals surface area contributed by atoms with Crippen molar-refractivity contribution in [3.63, 3.8) is 0 Å². The number of aliphatic hydroxyl groups excluding tert-OH is 1. The third kappa shape index (κ3) is 2.72. The molecule has 0 fully saturated rings. The van der Waals surface area contributed by atoms with Gasteiger partial charge in [-0.05, 0) is 29.7 Å². The molecule has 0 spiro atoms. The molecule has 0 amide bonds. The average Bonchev–Trinajstić information content (AvgIpc) is 2.41. The maximum absolute atomic E-state index is 10.3. The van der Waals surface area contributed by atoms with Crippen LogP contribution in [0.25, 0.3) is 0 Å². The molecule has 0 heterocycles. The molecule has 0 bridgehead atoms. The molecular weight excluding hydrogens is 246 g/mol. The zero-order valence-corrected chi connectivity index (χ0v) is 10.9. The van der Waals surface area contributed by atoms with Gasteiger partial charge in [-0.1, -0.05) is 54.1 Å². The molecule has 0 aliphatic heterocycles. The first-order valence-electron chi connectivity index (χ1n) is 5.84. The van der Waals surface area contributed by atoms with Crippen molar-refractivity contribution >= 4 is 11.6 Å². The Balaban J connectivity index is 2.25. The quantitative estimate of drug-likeness (QED) is 0.890. The normalized spacial score (nSPS) is 14.2. The summed E-state index contributed by atoms with van der Waals surface area (Å²) in [5.41, 5.74) is 8.69. The first-order chi connectivity index (χ1) is 8.59. The molecule has 0 saturated heterocycles. The number of aliphatic hydroxyl groups is 1. The lowest BCUT2D eigenvalue weighted by atomic mass is 9.96. The van der Waals surface area contributed by atoms with E-state index in [2.05, 4.69) is 0 Å². The largest absolute Gasteiger partial charge is 0.386 e. The molecule has 0 aliphatic rings. The van der Waals surface area contributed by atoms with Crippen LogP contribution in [0, 0.1) is 6.92 Å². The van der Waals surface area contributed by atoms with Gasteiger partial charge in [-0.25, -0.2) is 0 Å². The van der Waals surface area contributed by atoms with Crippen molar-refractivity contribution < 1.29 is 5.11 Å². The van der Waals surface area contributed by atoms with E-state index >= 15 is 0 Å². The van der Waals surface area contributed by atoms with Crippen LogP contribution in [-0.2, 0) is 0 Å². The van der Waals surface area contributed by atoms with Crippen LogP contribution < -0.4 is 5.73 Å². The molecule has 2 aromatic carbocycles. The highest BCUT2D eigenvalue weighted by Crippen LogP contribution is 2.29.